The van der Waals surface area contributed by atoms with Crippen LogP contribution in [0.15, 0.2) is 52.9 Å². The number of rotatable bonds is 7. The summed E-state index contributed by atoms with van der Waals surface area (Å²) in [4.78, 5) is 21.4. The highest BCUT2D eigenvalue weighted by Gasteiger charge is 2.21. The largest absolute Gasteiger partial charge is 0.497 e. The van der Waals surface area contributed by atoms with Gasteiger partial charge in [0.2, 0.25) is 11.8 Å². The minimum Gasteiger partial charge on any atom is -0.497 e. The van der Waals surface area contributed by atoms with Gasteiger partial charge in [-0.3, -0.25) is 4.79 Å². The minimum absolute atomic E-state index is 0.167. The highest BCUT2D eigenvalue weighted by Crippen LogP contribution is 2.25. The molecule has 0 bridgehead atoms. The molecular formula is C25H28FN3O3. The van der Waals surface area contributed by atoms with E-state index < -0.39 is 0 Å². The average molecular weight is 438 g/mol. The summed E-state index contributed by atoms with van der Waals surface area (Å²) in [5.74, 6) is 2.09. The van der Waals surface area contributed by atoms with Gasteiger partial charge in [0.05, 0.1) is 12.8 Å². The lowest BCUT2D eigenvalue weighted by Crippen LogP contribution is -2.48. The SMILES string of the molecule is COc1ccc(-c2nc(CCCC(=O)N3CCN(c4ccc(F)cc4)CC3)c(C)o2)cc1. The first-order valence-electron chi connectivity index (χ1n) is 10.9. The number of anilines is 1. The number of benzene rings is 2. The normalized spacial score (nSPS) is 14.0. The lowest BCUT2D eigenvalue weighted by atomic mass is 10.1. The number of piperazine rings is 1. The quantitative estimate of drug-likeness (QED) is 0.546. The van der Waals surface area contributed by atoms with Crippen LogP contribution in [0.5, 0.6) is 5.75 Å². The third kappa shape index (κ3) is 5.10. The van der Waals surface area contributed by atoms with Gasteiger partial charge in [0.1, 0.15) is 17.3 Å². The summed E-state index contributed by atoms with van der Waals surface area (Å²) in [6.45, 7) is 4.78. The highest BCUT2D eigenvalue weighted by atomic mass is 19.1. The molecule has 0 unspecified atom stereocenters. The molecular weight excluding hydrogens is 409 g/mol. The first kappa shape index (κ1) is 21.9. The Morgan fingerprint density at radius 3 is 2.41 bits per heavy atom. The summed E-state index contributed by atoms with van der Waals surface area (Å²) < 4.78 is 24.1. The van der Waals surface area contributed by atoms with Gasteiger partial charge in [-0.25, -0.2) is 9.37 Å². The van der Waals surface area contributed by atoms with Gasteiger partial charge in [-0.2, -0.15) is 0 Å². The number of aromatic nitrogens is 1. The van der Waals surface area contributed by atoms with Crippen LogP contribution in [0.2, 0.25) is 0 Å². The molecule has 1 fully saturated rings. The zero-order chi connectivity index (χ0) is 22.5. The van der Waals surface area contributed by atoms with Crippen LogP contribution in [-0.4, -0.2) is 49.1 Å². The maximum atomic E-state index is 13.1. The molecule has 1 aliphatic heterocycles. The van der Waals surface area contributed by atoms with Crippen molar-refractivity contribution in [3.63, 3.8) is 0 Å². The lowest BCUT2D eigenvalue weighted by Gasteiger charge is -2.36. The minimum atomic E-state index is -0.235. The van der Waals surface area contributed by atoms with Gasteiger partial charge in [0, 0.05) is 43.9 Å². The molecule has 168 valence electrons. The molecule has 1 saturated heterocycles. The number of amides is 1. The van der Waals surface area contributed by atoms with Crippen molar-refractivity contribution >= 4 is 11.6 Å². The first-order valence-corrected chi connectivity index (χ1v) is 10.9. The molecule has 2 heterocycles. The molecule has 0 aliphatic carbocycles. The number of halogens is 1. The topological polar surface area (TPSA) is 58.8 Å². The molecule has 0 atom stereocenters. The first-order chi connectivity index (χ1) is 15.5. The maximum Gasteiger partial charge on any atom is 0.226 e. The van der Waals surface area contributed by atoms with Crippen LogP contribution in [0.1, 0.15) is 24.3 Å². The van der Waals surface area contributed by atoms with Crippen molar-refractivity contribution in [2.45, 2.75) is 26.2 Å². The van der Waals surface area contributed by atoms with E-state index in [1.165, 1.54) is 12.1 Å². The molecule has 6 nitrogen and oxygen atoms in total. The van der Waals surface area contributed by atoms with Crippen molar-refractivity contribution in [1.82, 2.24) is 9.88 Å². The van der Waals surface area contributed by atoms with Crippen molar-refractivity contribution < 1.29 is 18.3 Å². The van der Waals surface area contributed by atoms with E-state index in [2.05, 4.69) is 9.88 Å². The summed E-state index contributed by atoms with van der Waals surface area (Å²) in [7, 11) is 1.63. The predicted octanol–water partition coefficient (Wildman–Crippen LogP) is 4.47. The van der Waals surface area contributed by atoms with Gasteiger partial charge in [-0.1, -0.05) is 0 Å². The summed E-state index contributed by atoms with van der Waals surface area (Å²) in [5, 5.41) is 0. The lowest BCUT2D eigenvalue weighted by molar-refractivity contribution is -0.131. The number of carbonyl (C=O) groups excluding carboxylic acids is 1. The van der Waals surface area contributed by atoms with Gasteiger partial charge in [-0.15, -0.1) is 0 Å². The number of hydrogen-bond donors (Lipinski definition) is 0. The Balaban J connectivity index is 1.25. The van der Waals surface area contributed by atoms with E-state index in [1.807, 2.05) is 36.1 Å². The number of aryl methyl sites for hydroxylation is 2. The molecule has 0 spiro atoms. The van der Waals surface area contributed by atoms with Crippen LogP contribution < -0.4 is 9.64 Å². The van der Waals surface area contributed by atoms with Crippen LogP contribution in [0.3, 0.4) is 0 Å². The fourth-order valence-corrected chi connectivity index (χ4v) is 3.95. The number of ether oxygens (including phenoxy) is 1. The standard InChI is InChI=1S/C25H28FN3O3/c1-18-23(27-25(32-18)19-6-12-22(31-2)13-7-19)4-3-5-24(30)29-16-14-28(15-17-29)21-10-8-20(26)9-11-21/h6-13H,3-5,14-17H2,1-2H3. The van der Waals surface area contributed by atoms with Crippen LogP contribution in [-0.2, 0) is 11.2 Å². The van der Waals surface area contributed by atoms with Crippen molar-refractivity contribution in [3.05, 3.63) is 65.8 Å². The van der Waals surface area contributed by atoms with E-state index in [-0.39, 0.29) is 11.7 Å². The molecule has 2 aromatic carbocycles. The number of nitrogens with zero attached hydrogens (tertiary/aromatic N) is 3. The summed E-state index contributed by atoms with van der Waals surface area (Å²) in [6, 6.07) is 14.1. The molecule has 0 saturated carbocycles. The number of oxazole rings is 1. The van der Waals surface area contributed by atoms with Crippen LogP contribution in [0, 0.1) is 12.7 Å². The second-order valence-corrected chi connectivity index (χ2v) is 7.95. The number of hydrogen-bond acceptors (Lipinski definition) is 5. The summed E-state index contributed by atoms with van der Waals surface area (Å²) in [5.41, 5.74) is 2.78. The molecule has 32 heavy (non-hydrogen) atoms. The Kier molecular flexibility index (Phi) is 6.73. The van der Waals surface area contributed by atoms with Crippen LogP contribution >= 0.6 is 0 Å². The van der Waals surface area contributed by atoms with Crippen molar-refractivity contribution in [3.8, 4) is 17.2 Å². The van der Waals surface area contributed by atoms with Gasteiger partial charge in [-0.05, 0) is 68.3 Å². The molecule has 3 aromatic rings. The molecule has 0 radical (unpaired) electrons. The number of carbonyl (C=O) groups is 1. The fraction of sp³-hybridized carbons (Fsp3) is 0.360. The molecule has 1 aromatic heterocycles. The van der Waals surface area contributed by atoms with Crippen molar-refractivity contribution in [2.75, 3.05) is 38.2 Å². The molecule has 1 amide bonds. The van der Waals surface area contributed by atoms with Gasteiger partial charge >= 0.3 is 0 Å². The maximum absolute atomic E-state index is 13.1. The van der Waals surface area contributed by atoms with Gasteiger partial charge < -0.3 is 19.0 Å². The Labute approximate surface area is 187 Å². The van der Waals surface area contributed by atoms with Crippen LogP contribution in [0.4, 0.5) is 10.1 Å². The molecule has 7 heteroatoms. The third-order valence-electron chi connectivity index (χ3n) is 5.86. The van der Waals surface area contributed by atoms with Crippen molar-refractivity contribution in [2.24, 2.45) is 0 Å². The average Bonchev–Trinajstić information content (AvgIpc) is 3.20. The molecule has 0 N–H and O–H groups in total. The second kappa shape index (κ2) is 9.85. The highest BCUT2D eigenvalue weighted by molar-refractivity contribution is 5.76. The Morgan fingerprint density at radius 2 is 1.75 bits per heavy atom. The second-order valence-electron chi connectivity index (χ2n) is 7.95. The molecule has 1 aliphatic rings. The zero-order valence-electron chi connectivity index (χ0n) is 18.5. The fourth-order valence-electron chi connectivity index (χ4n) is 3.95. The van der Waals surface area contributed by atoms with E-state index in [0.717, 1.165) is 48.0 Å². The van der Waals surface area contributed by atoms with E-state index in [1.54, 1.807) is 19.2 Å². The van der Waals surface area contributed by atoms with Gasteiger partial charge in [0.25, 0.3) is 0 Å². The van der Waals surface area contributed by atoms with Crippen molar-refractivity contribution in [1.29, 1.82) is 0 Å². The zero-order valence-corrected chi connectivity index (χ0v) is 18.5. The Morgan fingerprint density at radius 1 is 1.06 bits per heavy atom. The summed E-state index contributed by atoms with van der Waals surface area (Å²) >= 11 is 0. The van der Waals surface area contributed by atoms with E-state index in [9.17, 15) is 9.18 Å². The number of methoxy groups -OCH3 is 1. The Bertz CT molecular complexity index is 1040. The summed E-state index contributed by atoms with van der Waals surface area (Å²) in [6.07, 6.45) is 1.92. The molecule has 4 rings (SSSR count). The Hall–Kier alpha value is -3.35. The van der Waals surface area contributed by atoms with Crippen LogP contribution in [0.25, 0.3) is 11.5 Å². The predicted molar refractivity (Wildman–Crippen MR) is 121 cm³/mol. The monoisotopic (exact) mass is 437 g/mol. The van der Waals surface area contributed by atoms with E-state index in [4.69, 9.17) is 9.15 Å². The van der Waals surface area contributed by atoms with Gasteiger partial charge in [0.15, 0.2) is 0 Å². The third-order valence-corrected chi connectivity index (χ3v) is 5.86. The smallest absolute Gasteiger partial charge is 0.226 e. The van der Waals surface area contributed by atoms with E-state index >= 15 is 0 Å². The van der Waals surface area contributed by atoms with E-state index in [0.29, 0.717) is 31.8 Å².